The van der Waals surface area contributed by atoms with E-state index in [0.29, 0.717) is 10.8 Å². The molecular formula is C38H66N2Si2. The van der Waals surface area contributed by atoms with E-state index >= 15 is 0 Å². The first-order valence-corrected chi connectivity index (χ1v) is 22.3. The van der Waals surface area contributed by atoms with E-state index in [9.17, 15) is 0 Å². The summed E-state index contributed by atoms with van der Waals surface area (Å²) in [5, 5.41) is 4.33. The van der Waals surface area contributed by atoms with Gasteiger partial charge in [-0.3, -0.25) is 0 Å². The lowest BCUT2D eigenvalue weighted by Gasteiger charge is -2.69. The Morgan fingerprint density at radius 2 is 0.667 bits per heavy atom. The molecule has 0 atom stereocenters. The lowest BCUT2D eigenvalue weighted by atomic mass is 9.49. The monoisotopic (exact) mass is 606 g/mol. The second-order valence-electron chi connectivity index (χ2n) is 21.7. The van der Waals surface area contributed by atoms with E-state index in [1.807, 2.05) is 10.7 Å². The molecule has 0 saturated heterocycles. The minimum Gasteiger partial charge on any atom is -0.306 e. The van der Waals surface area contributed by atoms with E-state index in [1.165, 1.54) is 77.0 Å². The largest absolute Gasteiger partial charge is 0.311 e. The van der Waals surface area contributed by atoms with Crippen LogP contribution in [0.1, 0.15) is 160 Å². The first kappa shape index (κ1) is 30.4. The average Bonchev–Trinajstić information content (AvgIpc) is 2.78. The van der Waals surface area contributed by atoms with E-state index in [4.69, 9.17) is 9.32 Å². The van der Waals surface area contributed by atoms with Gasteiger partial charge in [0.25, 0.3) is 0 Å². The van der Waals surface area contributed by atoms with Crippen LogP contribution >= 0.6 is 0 Å². The maximum atomic E-state index is 6.64. The molecule has 0 unspecified atom stereocenters. The molecule has 0 N–H and O–H groups in total. The first-order valence-electron chi connectivity index (χ1n) is 18.4. The molecule has 2 nitrogen and oxygen atoms in total. The molecule has 8 saturated carbocycles. The fourth-order valence-corrected chi connectivity index (χ4v) is 29.4. The van der Waals surface area contributed by atoms with Crippen LogP contribution in [0, 0.1) is 46.3 Å². The van der Waals surface area contributed by atoms with Gasteiger partial charge in [0.15, 0.2) is 8.07 Å². The Labute approximate surface area is 262 Å². The van der Waals surface area contributed by atoms with Crippen LogP contribution in [0.2, 0.25) is 20.2 Å². The molecule has 9 aliphatic rings. The molecule has 0 spiro atoms. The zero-order chi connectivity index (χ0) is 30.5. The van der Waals surface area contributed by atoms with Crippen molar-refractivity contribution in [2.45, 2.75) is 180 Å². The lowest BCUT2D eigenvalue weighted by molar-refractivity contribution is -0.0130. The van der Waals surface area contributed by atoms with Crippen molar-refractivity contribution < 1.29 is 0 Å². The van der Waals surface area contributed by atoms with Crippen LogP contribution in [0.4, 0.5) is 0 Å². The molecule has 0 aromatic rings. The average molecular weight is 607 g/mol. The molecule has 236 valence electrons. The van der Waals surface area contributed by atoms with E-state index in [0.717, 1.165) is 35.5 Å². The van der Waals surface area contributed by atoms with Crippen molar-refractivity contribution in [3.05, 3.63) is 0 Å². The number of rotatable bonds is 2. The summed E-state index contributed by atoms with van der Waals surface area (Å²) in [7, 11) is -4.98. The Hall–Kier alpha value is -0.226. The number of hydrogen-bond donors (Lipinski definition) is 0. The molecule has 0 aromatic heterocycles. The van der Waals surface area contributed by atoms with Crippen molar-refractivity contribution in [3.63, 3.8) is 0 Å². The topological polar surface area (TPSA) is 24.7 Å². The third-order valence-electron chi connectivity index (χ3n) is 14.7. The highest BCUT2D eigenvalue weighted by atomic mass is 28.4. The lowest BCUT2D eigenvalue weighted by Crippen LogP contribution is -2.77. The summed E-state index contributed by atoms with van der Waals surface area (Å²) in [5.74, 6) is 5.71. The predicted molar refractivity (Wildman–Crippen MR) is 186 cm³/mol. The number of nitrogens with zero attached hydrogens (tertiary/aromatic N) is 2. The van der Waals surface area contributed by atoms with E-state index in [1.54, 1.807) is 0 Å². The van der Waals surface area contributed by atoms with Gasteiger partial charge >= 0.3 is 8.40 Å². The Morgan fingerprint density at radius 3 is 0.857 bits per heavy atom. The zero-order valence-electron chi connectivity index (χ0n) is 29.8. The van der Waals surface area contributed by atoms with Gasteiger partial charge in [-0.05, 0) is 133 Å². The third kappa shape index (κ3) is 3.90. The van der Waals surface area contributed by atoms with Gasteiger partial charge in [-0.2, -0.15) is 0 Å². The fourth-order valence-electron chi connectivity index (χ4n) is 14.8. The van der Waals surface area contributed by atoms with Crippen LogP contribution in [0.5, 0.6) is 0 Å². The molecule has 4 heteroatoms. The standard InChI is InChI=1S/C38H66N2Si2/c1-33(2,3)41(34(4,5)6)31(37-19-25-13-26(20-37)15-27(14-25)21-37)39-42(35(7,8)9,36(10,11)12)40-32(41)38-22-28-16-29(23-38)18-30(17-28)24-38/h25-30H,13-24H2,1-12H3. The summed E-state index contributed by atoms with van der Waals surface area (Å²) < 4.78 is 13.3. The maximum Gasteiger partial charge on any atom is 0.311 e. The summed E-state index contributed by atoms with van der Waals surface area (Å²) >= 11 is 0. The highest BCUT2D eigenvalue weighted by Crippen LogP contribution is 2.71. The van der Waals surface area contributed by atoms with E-state index in [-0.39, 0.29) is 20.2 Å². The van der Waals surface area contributed by atoms with Crippen LogP contribution in [0.3, 0.4) is 0 Å². The molecule has 1 aliphatic heterocycles. The van der Waals surface area contributed by atoms with Gasteiger partial charge in [-0.15, -0.1) is 0 Å². The van der Waals surface area contributed by atoms with Crippen molar-refractivity contribution in [3.8, 4) is 0 Å². The Balaban J connectivity index is 1.58. The van der Waals surface area contributed by atoms with Gasteiger partial charge in [0, 0.05) is 21.5 Å². The summed E-state index contributed by atoms with van der Waals surface area (Å²) in [6, 6.07) is 0. The van der Waals surface area contributed by atoms with Crippen LogP contribution in [-0.4, -0.2) is 27.1 Å². The molecule has 8 aliphatic carbocycles. The molecular weight excluding hydrogens is 541 g/mol. The van der Waals surface area contributed by atoms with Gasteiger partial charge in [-0.1, -0.05) is 83.1 Å². The third-order valence-corrected chi connectivity index (χ3v) is 27.6. The summed E-state index contributed by atoms with van der Waals surface area (Å²) in [5.41, 5.74) is 0.694. The highest BCUT2D eigenvalue weighted by Gasteiger charge is 2.74. The molecule has 9 rings (SSSR count). The van der Waals surface area contributed by atoms with Crippen LogP contribution in [0.15, 0.2) is 9.32 Å². The molecule has 42 heavy (non-hydrogen) atoms. The van der Waals surface area contributed by atoms with Crippen LogP contribution in [0.25, 0.3) is 0 Å². The van der Waals surface area contributed by atoms with Gasteiger partial charge in [0.1, 0.15) is 0 Å². The van der Waals surface area contributed by atoms with Gasteiger partial charge in [0.2, 0.25) is 0 Å². The number of hydrogen-bond acceptors (Lipinski definition) is 2. The van der Waals surface area contributed by atoms with Crippen molar-refractivity contribution >= 4 is 27.1 Å². The maximum absolute atomic E-state index is 6.64. The SMILES string of the molecule is CC(C)(C)[Si]1(C(C)(C)C)N=C(C23CC4CC(CC(C4)C2)C3)[Si](C(C)(C)C)(C(C)(C)C)C(C23CC4CC(CC(C4)C2)C3)=N1. The summed E-state index contributed by atoms with van der Waals surface area (Å²) in [4.78, 5) is 0. The summed E-state index contributed by atoms with van der Waals surface area (Å²) in [6.07, 6.45) is 17.8. The van der Waals surface area contributed by atoms with Crippen LogP contribution in [-0.2, 0) is 0 Å². The Bertz CT molecular complexity index is 1030. The minimum absolute atomic E-state index is 0.0999. The molecule has 1 heterocycles. The molecule has 0 radical (unpaired) electrons. The molecule has 8 fully saturated rings. The quantitative estimate of drug-likeness (QED) is 0.279. The zero-order valence-corrected chi connectivity index (χ0v) is 31.8. The van der Waals surface area contributed by atoms with Gasteiger partial charge in [0.05, 0.1) is 0 Å². The van der Waals surface area contributed by atoms with Gasteiger partial charge in [-0.25, -0.2) is 0 Å². The van der Waals surface area contributed by atoms with Crippen LogP contribution < -0.4 is 0 Å². The van der Waals surface area contributed by atoms with E-state index in [2.05, 4.69) is 83.1 Å². The normalized spacial score (nSPS) is 43.9. The van der Waals surface area contributed by atoms with Crippen molar-refractivity contribution in [2.24, 2.45) is 55.7 Å². The second-order valence-corrected chi connectivity index (χ2v) is 32.0. The van der Waals surface area contributed by atoms with Crippen molar-refractivity contribution in [2.75, 3.05) is 0 Å². The van der Waals surface area contributed by atoms with Crippen molar-refractivity contribution in [1.29, 1.82) is 0 Å². The molecule has 0 aromatic carbocycles. The summed E-state index contributed by atoms with van der Waals surface area (Å²) in [6.45, 7) is 31.4. The predicted octanol–water partition coefficient (Wildman–Crippen LogP) is 11.5. The minimum atomic E-state index is -2.55. The highest BCUT2D eigenvalue weighted by molar-refractivity contribution is 7.31. The molecule has 0 amide bonds. The fraction of sp³-hybridized carbons (Fsp3) is 0.947. The first-order chi connectivity index (χ1) is 19.1. The molecule has 8 bridgehead atoms. The Morgan fingerprint density at radius 1 is 0.429 bits per heavy atom. The van der Waals surface area contributed by atoms with Gasteiger partial charge < -0.3 is 9.32 Å². The Kier molecular flexibility index (Phi) is 6.35. The smallest absolute Gasteiger partial charge is 0.306 e. The second kappa shape index (κ2) is 8.77. The van der Waals surface area contributed by atoms with E-state index < -0.39 is 16.5 Å². The van der Waals surface area contributed by atoms with Crippen molar-refractivity contribution in [1.82, 2.24) is 0 Å².